The predicted octanol–water partition coefficient (Wildman–Crippen LogP) is 2.79. The fraction of sp³-hybridized carbons (Fsp3) is 0.800. The van der Waals surface area contributed by atoms with Crippen molar-refractivity contribution in [3.63, 3.8) is 0 Å². The smallest absolute Gasteiger partial charge is 0.0917 e. The summed E-state index contributed by atoms with van der Waals surface area (Å²) in [6, 6.07) is 0. The second-order valence-electron chi connectivity index (χ2n) is 2.96. The fourth-order valence-corrected chi connectivity index (χ4v) is 1.32. The van der Waals surface area contributed by atoms with Crippen LogP contribution < -0.4 is 0 Å². The molecule has 0 saturated heterocycles. The van der Waals surface area contributed by atoms with Gasteiger partial charge in [0.2, 0.25) is 0 Å². The quantitative estimate of drug-likeness (QED) is 0.537. The van der Waals surface area contributed by atoms with Gasteiger partial charge in [0.15, 0.2) is 0 Å². The highest BCUT2D eigenvalue weighted by atomic mass is 15.3. The minimum Gasteiger partial charge on any atom is -0.298 e. The second kappa shape index (κ2) is 5.36. The van der Waals surface area contributed by atoms with Gasteiger partial charge >= 0.3 is 0 Å². The molecule has 0 aliphatic heterocycles. The minimum absolute atomic E-state index is 1.13. The average Bonchev–Trinajstić information content (AvgIpc) is 2.08. The standard InChI is InChI=1S/C10H22N/c1-5-9-10-11(6-2,7-3)8-4/h9-10H,5-8H2,1-4H3/q+1. The molecule has 0 atom stereocenters. The lowest BCUT2D eigenvalue weighted by molar-refractivity contribution is -0.874. The highest BCUT2D eigenvalue weighted by Crippen LogP contribution is 2.06. The second-order valence-corrected chi connectivity index (χ2v) is 2.96. The van der Waals surface area contributed by atoms with Gasteiger partial charge in [-0.1, -0.05) is 6.92 Å². The Morgan fingerprint density at radius 3 is 1.64 bits per heavy atom. The molecule has 0 radical (unpaired) electrons. The summed E-state index contributed by atoms with van der Waals surface area (Å²) in [6.07, 6.45) is 5.77. The van der Waals surface area contributed by atoms with Gasteiger partial charge < -0.3 is 0 Å². The summed E-state index contributed by atoms with van der Waals surface area (Å²) in [4.78, 5) is 0. The number of nitrogens with zero attached hydrogens (tertiary/aromatic N) is 1. The molecule has 0 aromatic rings. The summed E-state index contributed by atoms with van der Waals surface area (Å²) in [6.45, 7) is 12.6. The van der Waals surface area contributed by atoms with Gasteiger partial charge in [-0.05, 0) is 33.3 Å². The van der Waals surface area contributed by atoms with Crippen LogP contribution in [0.4, 0.5) is 0 Å². The summed E-state index contributed by atoms with van der Waals surface area (Å²) < 4.78 is 1.13. The van der Waals surface area contributed by atoms with Crippen LogP contribution in [0.5, 0.6) is 0 Å². The van der Waals surface area contributed by atoms with E-state index in [2.05, 4.69) is 40.0 Å². The summed E-state index contributed by atoms with van der Waals surface area (Å²) in [5.74, 6) is 0. The van der Waals surface area contributed by atoms with E-state index in [0.29, 0.717) is 0 Å². The lowest BCUT2D eigenvalue weighted by Crippen LogP contribution is -2.41. The lowest BCUT2D eigenvalue weighted by atomic mass is 10.3. The van der Waals surface area contributed by atoms with Crippen LogP contribution in [0.2, 0.25) is 0 Å². The highest BCUT2D eigenvalue weighted by molar-refractivity contribution is 4.72. The van der Waals surface area contributed by atoms with Crippen molar-refractivity contribution in [3.05, 3.63) is 12.3 Å². The normalized spacial score (nSPS) is 12.7. The maximum atomic E-state index is 2.35. The molecular formula is C10H22N+. The number of rotatable bonds is 5. The first-order valence-corrected chi connectivity index (χ1v) is 4.78. The molecule has 66 valence electrons. The molecule has 0 saturated carbocycles. The Kier molecular flexibility index (Phi) is 5.22. The van der Waals surface area contributed by atoms with Gasteiger partial charge in [0, 0.05) is 0 Å². The van der Waals surface area contributed by atoms with Crippen LogP contribution in [0.1, 0.15) is 34.1 Å². The fourth-order valence-electron chi connectivity index (χ4n) is 1.32. The van der Waals surface area contributed by atoms with Crippen LogP contribution in [0.25, 0.3) is 0 Å². The van der Waals surface area contributed by atoms with E-state index in [-0.39, 0.29) is 0 Å². The predicted molar refractivity (Wildman–Crippen MR) is 51.3 cm³/mol. The van der Waals surface area contributed by atoms with E-state index in [1.54, 1.807) is 0 Å². The molecule has 11 heavy (non-hydrogen) atoms. The SMILES string of the molecule is CCC=C[N+](CC)(CC)CC. The van der Waals surface area contributed by atoms with Crippen molar-refractivity contribution in [1.82, 2.24) is 0 Å². The Balaban J connectivity index is 4.16. The molecule has 0 fully saturated rings. The minimum atomic E-state index is 1.13. The first-order chi connectivity index (χ1) is 5.24. The zero-order chi connectivity index (χ0) is 8.74. The van der Waals surface area contributed by atoms with Gasteiger partial charge in [-0.25, -0.2) is 0 Å². The van der Waals surface area contributed by atoms with Gasteiger partial charge in [-0.15, -0.1) is 0 Å². The van der Waals surface area contributed by atoms with Crippen molar-refractivity contribution in [2.75, 3.05) is 19.6 Å². The van der Waals surface area contributed by atoms with Gasteiger partial charge in [-0.2, -0.15) is 0 Å². The van der Waals surface area contributed by atoms with E-state index < -0.39 is 0 Å². The molecule has 0 spiro atoms. The van der Waals surface area contributed by atoms with Crippen molar-refractivity contribution in [2.45, 2.75) is 34.1 Å². The molecule has 0 aromatic carbocycles. The number of quaternary nitrogens is 1. The first kappa shape index (κ1) is 10.7. The molecule has 0 amide bonds. The van der Waals surface area contributed by atoms with Crippen LogP contribution in [0.3, 0.4) is 0 Å². The Labute approximate surface area is 71.3 Å². The first-order valence-electron chi connectivity index (χ1n) is 4.78. The van der Waals surface area contributed by atoms with Crippen molar-refractivity contribution in [1.29, 1.82) is 0 Å². The molecule has 0 aliphatic rings. The third kappa shape index (κ3) is 3.06. The summed E-state index contributed by atoms with van der Waals surface area (Å²) in [7, 11) is 0. The van der Waals surface area contributed by atoms with Crippen LogP contribution in [0, 0.1) is 0 Å². The van der Waals surface area contributed by atoms with Crippen molar-refractivity contribution < 1.29 is 4.48 Å². The molecule has 0 aliphatic carbocycles. The van der Waals surface area contributed by atoms with Crippen molar-refractivity contribution in [2.24, 2.45) is 0 Å². The molecule has 0 unspecified atom stereocenters. The molecule has 0 aromatic heterocycles. The van der Waals surface area contributed by atoms with Crippen LogP contribution >= 0.6 is 0 Å². The van der Waals surface area contributed by atoms with Crippen LogP contribution in [-0.4, -0.2) is 24.1 Å². The van der Waals surface area contributed by atoms with Crippen molar-refractivity contribution >= 4 is 0 Å². The van der Waals surface area contributed by atoms with Gasteiger partial charge in [0.25, 0.3) is 0 Å². The number of allylic oxidation sites excluding steroid dienone is 1. The Bertz CT molecular complexity index is 104. The largest absolute Gasteiger partial charge is 0.298 e. The topological polar surface area (TPSA) is 0 Å². The molecule has 0 rings (SSSR count). The molecular weight excluding hydrogens is 134 g/mol. The van der Waals surface area contributed by atoms with Crippen molar-refractivity contribution in [3.8, 4) is 0 Å². The van der Waals surface area contributed by atoms with E-state index in [4.69, 9.17) is 0 Å². The van der Waals surface area contributed by atoms with E-state index in [9.17, 15) is 0 Å². The monoisotopic (exact) mass is 156 g/mol. The molecule has 1 nitrogen and oxygen atoms in total. The Hall–Kier alpha value is -0.300. The molecule has 0 heterocycles. The van der Waals surface area contributed by atoms with Crippen LogP contribution in [0.15, 0.2) is 12.3 Å². The maximum absolute atomic E-state index is 2.35. The van der Waals surface area contributed by atoms with Gasteiger partial charge in [-0.3, -0.25) is 4.48 Å². The zero-order valence-electron chi connectivity index (χ0n) is 8.43. The third-order valence-electron chi connectivity index (χ3n) is 2.55. The van der Waals surface area contributed by atoms with E-state index in [0.717, 1.165) is 10.9 Å². The Morgan fingerprint density at radius 1 is 0.909 bits per heavy atom. The lowest BCUT2D eigenvalue weighted by Gasteiger charge is -2.31. The maximum Gasteiger partial charge on any atom is 0.0917 e. The summed E-state index contributed by atoms with van der Waals surface area (Å²) in [5, 5.41) is 0. The summed E-state index contributed by atoms with van der Waals surface area (Å²) in [5.41, 5.74) is 0. The van der Waals surface area contributed by atoms with E-state index >= 15 is 0 Å². The van der Waals surface area contributed by atoms with Gasteiger partial charge in [0.1, 0.15) is 0 Å². The van der Waals surface area contributed by atoms with Crippen LogP contribution in [-0.2, 0) is 0 Å². The average molecular weight is 156 g/mol. The Morgan fingerprint density at radius 2 is 1.36 bits per heavy atom. The summed E-state index contributed by atoms with van der Waals surface area (Å²) >= 11 is 0. The zero-order valence-corrected chi connectivity index (χ0v) is 8.43. The number of hydrogen-bond donors (Lipinski definition) is 0. The highest BCUT2D eigenvalue weighted by Gasteiger charge is 2.15. The number of hydrogen-bond acceptors (Lipinski definition) is 0. The molecule has 1 heteroatoms. The van der Waals surface area contributed by atoms with E-state index in [1.165, 1.54) is 19.6 Å². The molecule has 0 N–H and O–H groups in total. The third-order valence-corrected chi connectivity index (χ3v) is 2.55. The molecule has 0 bridgehead atoms. The van der Waals surface area contributed by atoms with Gasteiger partial charge in [0.05, 0.1) is 25.8 Å². The van der Waals surface area contributed by atoms with E-state index in [1.807, 2.05) is 0 Å².